The Hall–Kier alpha value is -1.80. The van der Waals surface area contributed by atoms with E-state index in [-0.39, 0.29) is 11.5 Å². The standard InChI is InChI=1S/C16H25NO6S/c1-5-7-8-13(16(18)23-6-2)17-24(19,20)12-9-10-14(21-3)15(11-12)22-4/h9-11,13,17H,5-8H2,1-4H3. The van der Waals surface area contributed by atoms with E-state index < -0.39 is 22.0 Å². The van der Waals surface area contributed by atoms with Crippen LogP contribution in [0.25, 0.3) is 0 Å². The number of methoxy groups -OCH3 is 2. The van der Waals surface area contributed by atoms with Crippen molar-refractivity contribution in [3.05, 3.63) is 18.2 Å². The molecule has 0 aromatic heterocycles. The monoisotopic (exact) mass is 359 g/mol. The molecule has 136 valence electrons. The van der Waals surface area contributed by atoms with Crippen molar-refractivity contribution in [2.75, 3.05) is 20.8 Å². The fourth-order valence-electron chi connectivity index (χ4n) is 2.12. The third-order valence-corrected chi connectivity index (χ3v) is 4.85. The van der Waals surface area contributed by atoms with E-state index in [4.69, 9.17) is 14.2 Å². The quantitative estimate of drug-likeness (QED) is 0.643. The molecular weight excluding hydrogens is 334 g/mol. The van der Waals surface area contributed by atoms with Gasteiger partial charge in [-0.15, -0.1) is 0 Å². The largest absolute Gasteiger partial charge is 0.493 e. The van der Waals surface area contributed by atoms with Crippen molar-refractivity contribution in [1.29, 1.82) is 0 Å². The molecule has 0 aliphatic rings. The van der Waals surface area contributed by atoms with Crippen LogP contribution in [0.3, 0.4) is 0 Å². The van der Waals surface area contributed by atoms with Crippen LogP contribution in [0.1, 0.15) is 33.1 Å². The first kappa shape index (κ1) is 20.2. The van der Waals surface area contributed by atoms with E-state index in [1.54, 1.807) is 6.92 Å². The molecule has 0 saturated heterocycles. The van der Waals surface area contributed by atoms with Crippen LogP contribution in [0, 0.1) is 0 Å². The third kappa shape index (κ3) is 5.38. The maximum atomic E-state index is 12.6. The van der Waals surface area contributed by atoms with E-state index in [0.717, 1.165) is 6.42 Å². The molecule has 24 heavy (non-hydrogen) atoms. The van der Waals surface area contributed by atoms with Crippen molar-refractivity contribution < 1.29 is 27.4 Å². The summed E-state index contributed by atoms with van der Waals surface area (Å²) in [6.45, 7) is 3.84. The van der Waals surface area contributed by atoms with Gasteiger partial charge in [0.2, 0.25) is 10.0 Å². The van der Waals surface area contributed by atoms with Crippen LogP contribution in [-0.4, -0.2) is 41.3 Å². The van der Waals surface area contributed by atoms with E-state index in [0.29, 0.717) is 24.3 Å². The summed E-state index contributed by atoms with van der Waals surface area (Å²) in [7, 11) is -1.01. The minimum absolute atomic E-state index is 0.00838. The molecule has 1 aromatic carbocycles. The van der Waals surface area contributed by atoms with E-state index >= 15 is 0 Å². The molecule has 0 saturated carbocycles. The van der Waals surface area contributed by atoms with Crippen LogP contribution in [-0.2, 0) is 19.6 Å². The molecule has 0 aliphatic heterocycles. The van der Waals surface area contributed by atoms with Gasteiger partial charge in [-0.1, -0.05) is 19.8 Å². The molecule has 1 rings (SSSR count). The van der Waals surface area contributed by atoms with Crippen molar-refractivity contribution in [2.45, 2.75) is 44.0 Å². The minimum Gasteiger partial charge on any atom is -0.493 e. The summed E-state index contributed by atoms with van der Waals surface area (Å²) in [5.74, 6) is 0.140. The summed E-state index contributed by atoms with van der Waals surface area (Å²) in [4.78, 5) is 12.0. The van der Waals surface area contributed by atoms with Gasteiger partial charge in [0.1, 0.15) is 6.04 Å². The molecule has 0 aliphatic carbocycles. The van der Waals surface area contributed by atoms with Crippen molar-refractivity contribution in [1.82, 2.24) is 4.72 Å². The number of nitrogens with one attached hydrogen (secondary N) is 1. The van der Waals surface area contributed by atoms with Gasteiger partial charge in [0.05, 0.1) is 25.7 Å². The van der Waals surface area contributed by atoms with Gasteiger partial charge in [0, 0.05) is 6.07 Å². The normalized spacial score (nSPS) is 12.5. The predicted molar refractivity (Wildman–Crippen MR) is 89.8 cm³/mol. The van der Waals surface area contributed by atoms with Crippen LogP contribution >= 0.6 is 0 Å². The lowest BCUT2D eigenvalue weighted by Crippen LogP contribution is -2.41. The zero-order valence-electron chi connectivity index (χ0n) is 14.5. The van der Waals surface area contributed by atoms with Crippen molar-refractivity contribution in [2.24, 2.45) is 0 Å². The number of rotatable bonds is 10. The second kappa shape index (κ2) is 9.48. The molecule has 1 atom stereocenters. The number of esters is 1. The number of hydrogen-bond donors (Lipinski definition) is 1. The van der Waals surface area contributed by atoms with Crippen LogP contribution < -0.4 is 14.2 Å². The number of sulfonamides is 1. The Morgan fingerprint density at radius 1 is 1.17 bits per heavy atom. The fourth-order valence-corrected chi connectivity index (χ4v) is 3.35. The highest BCUT2D eigenvalue weighted by Crippen LogP contribution is 2.29. The number of unbranched alkanes of at least 4 members (excludes halogenated alkanes) is 1. The van der Waals surface area contributed by atoms with Crippen molar-refractivity contribution in [3.8, 4) is 11.5 Å². The number of carbonyl (C=O) groups excluding carboxylic acids is 1. The van der Waals surface area contributed by atoms with Gasteiger partial charge in [-0.25, -0.2) is 8.42 Å². The maximum Gasteiger partial charge on any atom is 0.324 e. The number of hydrogen-bond acceptors (Lipinski definition) is 6. The van der Waals surface area contributed by atoms with E-state index in [9.17, 15) is 13.2 Å². The summed E-state index contributed by atoms with van der Waals surface area (Å²) < 4.78 is 42.7. The Bertz CT molecular complexity index is 644. The summed E-state index contributed by atoms with van der Waals surface area (Å²) in [5.41, 5.74) is 0. The lowest BCUT2D eigenvalue weighted by atomic mass is 10.1. The zero-order chi connectivity index (χ0) is 18.2. The molecule has 0 spiro atoms. The van der Waals surface area contributed by atoms with Crippen molar-refractivity contribution in [3.63, 3.8) is 0 Å². The smallest absolute Gasteiger partial charge is 0.324 e. The Labute approximate surface area is 143 Å². The Morgan fingerprint density at radius 2 is 1.83 bits per heavy atom. The molecule has 0 heterocycles. The molecule has 1 unspecified atom stereocenters. The zero-order valence-corrected chi connectivity index (χ0v) is 15.3. The molecule has 0 fully saturated rings. The summed E-state index contributed by atoms with van der Waals surface area (Å²) in [5, 5.41) is 0. The lowest BCUT2D eigenvalue weighted by Gasteiger charge is -2.17. The van der Waals surface area contributed by atoms with Gasteiger partial charge in [-0.2, -0.15) is 4.72 Å². The highest BCUT2D eigenvalue weighted by molar-refractivity contribution is 7.89. The Balaban J connectivity index is 3.05. The van der Waals surface area contributed by atoms with Gasteiger partial charge in [-0.3, -0.25) is 4.79 Å². The highest BCUT2D eigenvalue weighted by atomic mass is 32.2. The molecule has 0 bridgehead atoms. The van der Waals surface area contributed by atoms with Crippen LogP contribution in [0.15, 0.2) is 23.1 Å². The molecule has 8 heteroatoms. The van der Waals surface area contributed by atoms with E-state index in [1.807, 2.05) is 6.92 Å². The second-order valence-electron chi connectivity index (χ2n) is 5.08. The number of carbonyl (C=O) groups is 1. The Kier molecular flexibility index (Phi) is 8.00. The average molecular weight is 359 g/mol. The predicted octanol–water partition coefficient (Wildman–Crippen LogP) is 2.10. The molecule has 7 nitrogen and oxygen atoms in total. The van der Waals surface area contributed by atoms with Crippen LogP contribution in [0.5, 0.6) is 11.5 Å². The average Bonchev–Trinajstić information content (AvgIpc) is 2.57. The first-order valence-corrected chi connectivity index (χ1v) is 9.28. The summed E-state index contributed by atoms with van der Waals surface area (Å²) >= 11 is 0. The summed E-state index contributed by atoms with van der Waals surface area (Å²) in [6.07, 6.45) is 1.92. The number of ether oxygens (including phenoxy) is 3. The maximum absolute atomic E-state index is 12.6. The lowest BCUT2D eigenvalue weighted by molar-refractivity contribution is -0.145. The third-order valence-electron chi connectivity index (χ3n) is 3.38. The van der Waals surface area contributed by atoms with Crippen molar-refractivity contribution >= 4 is 16.0 Å². The topological polar surface area (TPSA) is 90.9 Å². The molecule has 1 aromatic rings. The second-order valence-corrected chi connectivity index (χ2v) is 6.80. The van der Waals surface area contributed by atoms with E-state index in [2.05, 4.69) is 4.72 Å². The van der Waals surface area contributed by atoms with Crippen LogP contribution in [0.2, 0.25) is 0 Å². The SMILES string of the molecule is CCCCC(NS(=O)(=O)c1ccc(OC)c(OC)c1)C(=O)OCC. The number of benzene rings is 1. The van der Waals surface area contributed by atoms with Gasteiger partial charge < -0.3 is 14.2 Å². The van der Waals surface area contributed by atoms with E-state index in [1.165, 1.54) is 32.4 Å². The highest BCUT2D eigenvalue weighted by Gasteiger charge is 2.27. The molecule has 0 amide bonds. The molecule has 1 N–H and O–H groups in total. The first-order chi connectivity index (χ1) is 11.4. The van der Waals surface area contributed by atoms with Crippen LogP contribution in [0.4, 0.5) is 0 Å². The van der Waals surface area contributed by atoms with Gasteiger partial charge in [0.15, 0.2) is 11.5 Å². The first-order valence-electron chi connectivity index (χ1n) is 7.80. The fraction of sp³-hybridized carbons (Fsp3) is 0.562. The minimum atomic E-state index is -3.90. The molecule has 0 radical (unpaired) electrons. The van der Waals surface area contributed by atoms with Gasteiger partial charge in [-0.05, 0) is 25.5 Å². The summed E-state index contributed by atoms with van der Waals surface area (Å²) in [6, 6.07) is 3.33. The molecular formula is C16H25NO6S. The Morgan fingerprint density at radius 3 is 2.38 bits per heavy atom. The van der Waals surface area contributed by atoms with Gasteiger partial charge >= 0.3 is 5.97 Å². The van der Waals surface area contributed by atoms with Gasteiger partial charge in [0.25, 0.3) is 0 Å².